The van der Waals surface area contributed by atoms with Gasteiger partial charge in [-0.1, -0.05) is 24.7 Å². The predicted octanol–water partition coefficient (Wildman–Crippen LogP) is 2.55. The highest BCUT2D eigenvalue weighted by atomic mass is 19.1. The lowest BCUT2D eigenvalue weighted by molar-refractivity contribution is 0.276. The van der Waals surface area contributed by atoms with Crippen LogP contribution in [0.25, 0.3) is 0 Å². The molecule has 2 nitrogen and oxygen atoms in total. The first-order valence-electron chi connectivity index (χ1n) is 6.89. The molecule has 0 spiro atoms. The highest BCUT2D eigenvalue weighted by molar-refractivity contribution is 5.37. The summed E-state index contributed by atoms with van der Waals surface area (Å²) in [6.45, 7) is 2.77. The molecule has 2 rings (SSSR count). The zero-order valence-corrected chi connectivity index (χ0v) is 11.2. The number of hydrogen-bond acceptors (Lipinski definition) is 2. The van der Waals surface area contributed by atoms with Crippen molar-refractivity contribution in [1.82, 2.24) is 4.90 Å². The summed E-state index contributed by atoms with van der Waals surface area (Å²) in [6.07, 6.45) is 5.05. The third-order valence-corrected chi connectivity index (χ3v) is 3.37. The van der Waals surface area contributed by atoms with Crippen LogP contribution in [0.3, 0.4) is 0 Å². The maximum absolute atomic E-state index is 13.5. The van der Waals surface area contributed by atoms with Gasteiger partial charge in [-0.15, -0.1) is 0 Å². The fourth-order valence-corrected chi connectivity index (χ4v) is 2.51. The first-order chi connectivity index (χ1) is 9.28. The normalized spacial score (nSPS) is 16.5. The van der Waals surface area contributed by atoms with Crippen LogP contribution >= 0.6 is 0 Å². The molecule has 0 amide bonds. The number of aliphatic hydroxyl groups excluding tert-OH is 1. The van der Waals surface area contributed by atoms with E-state index in [0.29, 0.717) is 5.56 Å². The first-order valence-corrected chi connectivity index (χ1v) is 6.89. The predicted molar refractivity (Wildman–Crippen MR) is 74.1 cm³/mol. The van der Waals surface area contributed by atoms with E-state index in [-0.39, 0.29) is 12.4 Å². The minimum atomic E-state index is -0.255. The number of hydrogen-bond donors (Lipinski definition) is 1. The number of nitrogens with zero attached hydrogens (tertiary/aromatic N) is 1. The zero-order chi connectivity index (χ0) is 13.5. The van der Waals surface area contributed by atoms with Gasteiger partial charge in [0.15, 0.2) is 0 Å². The number of halogens is 1. The van der Waals surface area contributed by atoms with Gasteiger partial charge in [-0.2, -0.15) is 0 Å². The van der Waals surface area contributed by atoms with Crippen LogP contribution in [0.4, 0.5) is 4.39 Å². The fourth-order valence-electron chi connectivity index (χ4n) is 2.51. The van der Waals surface area contributed by atoms with Gasteiger partial charge in [0, 0.05) is 12.1 Å². The van der Waals surface area contributed by atoms with E-state index in [1.807, 2.05) is 6.07 Å². The van der Waals surface area contributed by atoms with Gasteiger partial charge in [-0.3, -0.25) is 4.90 Å². The third kappa shape index (κ3) is 4.66. The summed E-state index contributed by atoms with van der Waals surface area (Å²) in [5.74, 6) is 5.07. The Labute approximate surface area is 114 Å². The van der Waals surface area contributed by atoms with Crippen molar-refractivity contribution in [2.45, 2.75) is 32.2 Å². The Bertz CT molecular complexity index is 467. The van der Waals surface area contributed by atoms with Crippen molar-refractivity contribution < 1.29 is 9.50 Å². The highest BCUT2D eigenvalue weighted by Gasteiger charge is 2.10. The van der Waals surface area contributed by atoms with Gasteiger partial charge in [-0.05, 0) is 49.7 Å². The van der Waals surface area contributed by atoms with Crippen molar-refractivity contribution in [2.75, 3.05) is 19.7 Å². The topological polar surface area (TPSA) is 23.5 Å². The van der Waals surface area contributed by atoms with E-state index in [9.17, 15) is 4.39 Å². The maximum atomic E-state index is 13.5. The molecular weight excluding hydrogens is 241 g/mol. The molecule has 1 N–H and O–H groups in total. The smallest absolute Gasteiger partial charge is 0.124 e. The second-order valence-corrected chi connectivity index (χ2v) is 5.00. The van der Waals surface area contributed by atoms with Crippen molar-refractivity contribution in [3.05, 3.63) is 35.1 Å². The summed E-state index contributed by atoms with van der Waals surface area (Å²) in [5, 5.41) is 8.68. The van der Waals surface area contributed by atoms with Gasteiger partial charge < -0.3 is 5.11 Å². The molecule has 0 unspecified atom stereocenters. The van der Waals surface area contributed by atoms with Gasteiger partial charge in [-0.25, -0.2) is 4.39 Å². The third-order valence-electron chi connectivity index (χ3n) is 3.37. The molecule has 1 aliphatic rings. The molecule has 1 heterocycles. The van der Waals surface area contributed by atoms with Crippen LogP contribution in [-0.2, 0) is 6.54 Å². The van der Waals surface area contributed by atoms with Gasteiger partial charge in [0.25, 0.3) is 0 Å². The molecule has 1 aliphatic heterocycles. The number of benzene rings is 1. The average molecular weight is 261 g/mol. The summed E-state index contributed by atoms with van der Waals surface area (Å²) < 4.78 is 13.5. The molecule has 1 aromatic rings. The van der Waals surface area contributed by atoms with Gasteiger partial charge in [0.2, 0.25) is 0 Å². The Morgan fingerprint density at radius 2 is 1.84 bits per heavy atom. The SMILES string of the molecule is OCC#Cc1cc(F)cc(CN2CCCCCC2)c1. The summed E-state index contributed by atoms with van der Waals surface area (Å²) in [6, 6.07) is 4.90. The second kappa shape index (κ2) is 7.28. The van der Waals surface area contributed by atoms with Crippen molar-refractivity contribution in [3.8, 4) is 11.8 Å². The lowest BCUT2D eigenvalue weighted by Gasteiger charge is -2.19. The molecule has 0 saturated carbocycles. The molecule has 0 atom stereocenters. The van der Waals surface area contributed by atoms with E-state index in [1.165, 1.54) is 31.7 Å². The summed E-state index contributed by atoms with van der Waals surface area (Å²) in [4.78, 5) is 2.38. The molecule has 1 fully saturated rings. The molecule has 0 radical (unpaired) electrons. The van der Waals surface area contributed by atoms with Crippen molar-refractivity contribution >= 4 is 0 Å². The molecule has 0 aromatic heterocycles. The number of aliphatic hydroxyl groups is 1. The Hall–Kier alpha value is -1.37. The Morgan fingerprint density at radius 3 is 2.53 bits per heavy atom. The lowest BCUT2D eigenvalue weighted by atomic mass is 10.1. The summed E-state index contributed by atoms with van der Waals surface area (Å²) in [7, 11) is 0. The van der Waals surface area contributed by atoms with Crippen LogP contribution in [0, 0.1) is 17.7 Å². The van der Waals surface area contributed by atoms with E-state index in [0.717, 1.165) is 25.2 Å². The molecule has 19 heavy (non-hydrogen) atoms. The molecule has 0 aliphatic carbocycles. The van der Waals surface area contributed by atoms with E-state index in [2.05, 4.69) is 16.7 Å². The number of likely N-dealkylation sites (tertiary alicyclic amines) is 1. The van der Waals surface area contributed by atoms with E-state index in [1.54, 1.807) is 6.07 Å². The van der Waals surface area contributed by atoms with Crippen molar-refractivity contribution in [3.63, 3.8) is 0 Å². The largest absolute Gasteiger partial charge is 0.384 e. The summed E-state index contributed by atoms with van der Waals surface area (Å²) in [5.41, 5.74) is 1.60. The molecule has 1 saturated heterocycles. The maximum Gasteiger partial charge on any atom is 0.124 e. The Morgan fingerprint density at radius 1 is 1.11 bits per heavy atom. The van der Waals surface area contributed by atoms with Crippen LogP contribution in [-0.4, -0.2) is 29.7 Å². The first kappa shape index (κ1) is 14.0. The van der Waals surface area contributed by atoms with Crippen LogP contribution < -0.4 is 0 Å². The molecule has 3 heteroatoms. The van der Waals surface area contributed by atoms with Crippen LogP contribution in [0.15, 0.2) is 18.2 Å². The van der Waals surface area contributed by atoms with Crippen LogP contribution in [0.2, 0.25) is 0 Å². The Balaban J connectivity index is 2.08. The number of rotatable bonds is 2. The Kier molecular flexibility index (Phi) is 5.38. The quantitative estimate of drug-likeness (QED) is 0.827. The van der Waals surface area contributed by atoms with Crippen LogP contribution in [0.5, 0.6) is 0 Å². The van der Waals surface area contributed by atoms with Gasteiger partial charge >= 0.3 is 0 Å². The van der Waals surface area contributed by atoms with E-state index < -0.39 is 0 Å². The van der Waals surface area contributed by atoms with Crippen molar-refractivity contribution in [1.29, 1.82) is 0 Å². The molecule has 1 aromatic carbocycles. The second-order valence-electron chi connectivity index (χ2n) is 5.00. The average Bonchev–Trinajstić information content (AvgIpc) is 2.64. The molecule has 0 bridgehead atoms. The standard InChI is InChI=1S/C16H20FNO/c17-16-11-14(6-5-9-19)10-15(12-16)13-18-7-3-1-2-4-8-18/h10-12,19H,1-4,7-9,13H2. The van der Waals surface area contributed by atoms with E-state index >= 15 is 0 Å². The van der Waals surface area contributed by atoms with Gasteiger partial charge in [0.1, 0.15) is 12.4 Å². The summed E-state index contributed by atoms with van der Waals surface area (Å²) >= 11 is 0. The fraction of sp³-hybridized carbons (Fsp3) is 0.500. The monoisotopic (exact) mass is 261 g/mol. The van der Waals surface area contributed by atoms with Gasteiger partial charge in [0.05, 0.1) is 0 Å². The lowest BCUT2D eigenvalue weighted by Crippen LogP contribution is -2.24. The minimum absolute atomic E-state index is 0.196. The minimum Gasteiger partial charge on any atom is -0.384 e. The van der Waals surface area contributed by atoms with Crippen LogP contribution in [0.1, 0.15) is 36.8 Å². The molecular formula is C16H20FNO. The van der Waals surface area contributed by atoms with E-state index in [4.69, 9.17) is 5.11 Å². The highest BCUT2D eigenvalue weighted by Crippen LogP contribution is 2.15. The molecule has 102 valence electrons. The van der Waals surface area contributed by atoms with Crippen molar-refractivity contribution in [2.24, 2.45) is 0 Å². The zero-order valence-electron chi connectivity index (χ0n) is 11.2.